The molecule has 37 heavy (non-hydrogen) atoms. The maximum Gasteiger partial charge on any atom is 0.319 e. The number of anilines is 3. The Labute approximate surface area is 221 Å². The van der Waals surface area contributed by atoms with Crippen molar-refractivity contribution in [1.29, 1.82) is 0 Å². The number of nitrogens with zero attached hydrogens (tertiary/aromatic N) is 6. The van der Waals surface area contributed by atoms with E-state index in [1.165, 1.54) is 5.56 Å². The first-order chi connectivity index (χ1) is 17.9. The third-order valence-corrected chi connectivity index (χ3v) is 6.81. The van der Waals surface area contributed by atoms with Gasteiger partial charge < -0.3 is 25.2 Å². The zero-order chi connectivity index (χ0) is 25.9. The standard InChI is InChI=1S/C26H31ClN8O2/c1-4-28-26(36)30-19-7-5-18(6-8-19)23-32-22-17(3)35(21-15-16(2)29-25(27)31-21)10-9-20(22)24(33-23)34-11-13-37-14-12-34/h5-8,15,17H,4,9-14H2,1-3H3,(H2,28,30,36)/t17-/m1/s1. The first kappa shape index (κ1) is 25.2. The first-order valence-electron chi connectivity index (χ1n) is 12.6. The molecular formula is C26H31ClN8O2. The maximum atomic E-state index is 11.9. The molecule has 0 unspecified atom stereocenters. The molecule has 0 aliphatic carbocycles. The van der Waals surface area contributed by atoms with Crippen LogP contribution in [0.15, 0.2) is 30.3 Å². The summed E-state index contributed by atoms with van der Waals surface area (Å²) in [6, 6.07) is 9.29. The molecule has 10 nitrogen and oxygen atoms in total. The van der Waals surface area contributed by atoms with Gasteiger partial charge >= 0.3 is 6.03 Å². The van der Waals surface area contributed by atoms with E-state index in [0.29, 0.717) is 31.3 Å². The normalized spacial score (nSPS) is 17.4. The quantitative estimate of drug-likeness (QED) is 0.484. The number of hydrogen-bond donors (Lipinski definition) is 2. The molecule has 1 saturated heterocycles. The van der Waals surface area contributed by atoms with Gasteiger partial charge in [-0.15, -0.1) is 0 Å². The second-order valence-electron chi connectivity index (χ2n) is 9.15. The lowest BCUT2D eigenvalue weighted by atomic mass is 9.97. The van der Waals surface area contributed by atoms with Crippen LogP contribution in [0.25, 0.3) is 11.4 Å². The van der Waals surface area contributed by atoms with Gasteiger partial charge in [-0.3, -0.25) is 0 Å². The number of morpholine rings is 1. The van der Waals surface area contributed by atoms with Gasteiger partial charge in [0, 0.05) is 54.8 Å². The van der Waals surface area contributed by atoms with Crippen molar-refractivity contribution in [2.24, 2.45) is 0 Å². The number of aromatic nitrogens is 4. The highest BCUT2D eigenvalue weighted by atomic mass is 35.5. The molecule has 1 aromatic carbocycles. The van der Waals surface area contributed by atoms with Gasteiger partial charge in [0.25, 0.3) is 0 Å². The number of carbonyl (C=O) groups excluding carboxylic acids is 1. The number of nitrogens with one attached hydrogen (secondary N) is 2. The van der Waals surface area contributed by atoms with Crippen LogP contribution in [0.5, 0.6) is 0 Å². The summed E-state index contributed by atoms with van der Waals surface area (Å²) in [6.45, 7) is 10.2. The summed E-state index contributed by atoms with van der Waals surface area (Å²) in [7, 11) is 0. The van der Waals surface area contributed by atoms with Gasteiger partial charge in [-0.05, 0) is 63.1 Å². The molecule has 5 rings (SSSR count). The van der Waals surface area contributed by atoms with Crippen molar-refractivity contribution >= 4 is 35.0 Å². The van der Waals surface area contributed by atoms with Gasteiger partial charge in [0.1, 0.15) is 11.6 Å². The van der Waals surface area contributed by atoms with Crippen LogP contribution in [-0.2, 0) is 11.2 Å². The third kappa shape index (κ3) is 5.45. The summed E-state index contributed by atoms with van der Waals surface area (Å²) in [5.74, 6) is 2.41. The molecular weight excluding hydrogens is 492 g/mol. The Morgan fingerprint density at radius 1 is 1.11 bits per heavy atom. The van der Waals surface area contributed by atoms with E-state index in [1.54, 1.807) is 0 Å². The second-order valence-corrected chi connectivity index (χ2v) is 9.49. The fraction of sp³-hybridized carbons (Fsp3) is 0.423. The van der Waals surface area contributed by atoms with Crippen LogP contribution in [0.4, 0.5) is 22.1 Å². The van der Waals surface area contributed by atoms with E-state index in [2.05, 4.69) is 37.3 Å². The van der Waals surface area contributed by atoms with Crippen molar-refractivity contribution in [2.75, 3.05) is 54.5 Å². The Bertz CT molecular complexity index is 1260. The molecule has 1 fully saturated rings. The van der Waals surface area contributed by atoms with Crippen molar-refractivity contribution < 1.29 is 9.53 Å². The highest BCUT2D eigenvalue weighted by Crippen LogP contribution is 2.37. The van der Waals surface area contributed by atoms with E-state index in [9.17, 15) is 4.79 Å². The van der Waals surface area contributed by atoms with Crippen LogP contribution in [0, 0.1) is 6.92 Å². The van der Waals surface area contributed by atoms with Crippen LogP contribution in [0.3, 0.4) is 0 Å². The van der Waals surface area contributed by atoms with E-state index >= 15 is 0 Å². The number of ether oxygens (including phenoxy) is 1. The smallest absolute Gasteiger partial charge is 0.319 e. The average Bonchev–Trinajstić information content (AvgIpc) is 2.89. The molecule has 2 aliphatic rings. The van der Waals surface area contributed by atoms with Gasteiger partial charge in [-0.1, -0.05) is 0 Å². The number of carbonyl (C=O) groups is 1. The molecule has 2 amide bonds. The lowest BCUT2D eigenvalue weighted by Gasteiger charge is -2.38. The van der Waals surface area contributed by atoms with Crippen LogP contribution < -0.4 is 20.4 Å². The Hall–Kier alpha value is -3.50. The third-order valence-electron chi connectivity index (χ3n) is 6.64. The number of halogens is 1. The van der Waals surface area contributed by atoms with Crippen LogP contribution >= 0.6 is 11.6 Å². The Morgan fingerprint density at radius 2 is 1.86 bits per heavy atom. The first-order valence-corrected chi connectivity index (χ1v) is 13.0. The minimum atomic E-state index is -0.233. The van der Waals surface area contributed by atoms with Crippen molar-refractivity contribution in [2.45, 2.75) is 33.2 Å². The summed E-state index contributed by atoms with van der Waals surface area (Å²) in [5, 5.41) is 5.81. The largest absolute Gasteiger partial charge is 0.378 e. The number of benzene rings is 1. The van der Waals surface area contributed by atoms with E-state index in [-0.39, 0.29) is 17.4 Å². The van der Waals surface area contributed by atoms with Gasteiger partial charge in [0.15, 0.2) is 5.82 Å². The van der Waals surface area contributed by atoms with E-state index < -0.39 is 0 Å². The molecule has 194 valence electrons. The van der Waals surface area contributed by atoms with Gasteiger partial charge in [0.2, 0.25) is 5.28 Å². The van der Waals surface area contributed by atoms with Crippen LogP contribution in [0.2, 0.25) is 5.28 Å². The molecule has 2 aromatic heterocycles. The topological polar surface area (TPSA) is 108 Å². The fourth-order valence-corrected chi connectivity index (χ4v) is 5.05. The fourth-order valence-electron chi connectivity index (χ4n) is 4.83. The number of rotatable bonds is 5. The Balaban J connectivity index is 1.52. The number of hydrogen-bond acceptors (Lipinski definition) is 8. The molecule has 4 heterocycles. The van der Waals surface area contributed by atoms with Gasteiger partial charge in [0.05, 0.1) is 24.9 Å². The molecule has 3 aromatic rings. The van der Waals surface area contributed by atoms with Crippen LogP contribution in [0.1, 0.15) is 36.8 Å². The second kappa shape index (κ2) is 10.9. The van der Waals surface area contributed by atoms with Crippen LogP contribution in [-0.4, -0.2) is 65.4 Å². The van der Waals surface area contributed by atoms with Crippen molar-refractivity contribution in [3.63, 3.8) is 0 Å². The summed E-state index contributed by atoms with van der Waals surface area (Å²) >= 11 is 6.19. The molecule has 0 radical (unpaired) electrons. The van der Waals surface area contributed by atoms with Crippen molar-refractivity contribution in [1.82, 2.24) is 25.3 Å². The van der Waals surface area contributed by atoms with E-state index in [4.69, 9.17) is 26.3 Å². The zero-order valence-electron chi connectivity index (χ0n) is 21.3. The van der Waals surface area contributed by atoms with Crippen molar-refractivity contribution in [3.8, 4) is 11.4 Å². The molecule has 0 saturated carbocycles. The summed E-state index contributed by atoms with van der Waals surface area (Å²) in [6.07, 6.45) is 0.794. The minimum absolute atomic E-state index is 0.0330. The Kier molecular flexibility index (Phi) is 7.38. The van der Waals surface area contributed by atoms with Crippen molar-refractivity contribution in [3.05, 3.63) is 52.6 Å². The Morgan fingerprint density at radius 3 is 2.57 bits per heavy atom. The maximum absolute atomic E-state index is 11.9. The summed E-state index contributed by atoms with van der Waals surface area (Å²) in [5.41, 5.74) is 4.56. The summed E-state index contributed by atoms with van der Waals surface area (Å²) in [4.78, 5) is 35.2. The van der Waals surface area contributed by atoms with E-state index in [1.807, 2.05) is 44.2 Å². The molecule has 2 N–H and O–H groups in total. The van der Waals surface area contributed by atoms with Gasteiger partial charge in [-0.25, -0.2) is 24.7 Å². The number of amides is 2. The predicted molar refractivity (Wildman–Crippen MR) is 144 cm³/mol. The highest BCUT2D eigenvalue weighted by molar-refractivity contribution is 6.28. The number of aryl methyl sites for hydroxylation is 1. The van der Waals surface area contributed by atoms with E-state index in [0.717, 1.165) is 54.6 Å². The lowest BCUT2D eigenvalue weighted by Crippen LogP contribution is -2.40. The number of urea groups is 1. The zero-order valence-corrected chi connectivity index (χ0v) is 22.0. The summed E-state index contributed by atoms with van der Waals surface area (Å²) < 4.78 is 5.60. The predicted octanol–water partition coefficient (Wildman–Crippen LogP) is 4.00. The molecule has 2 aliphatic heterocycles. The molecule has 1 atom stereocenters. The molecule has 0 spiro atoms. The lowest BCUT2D eigenvalue weighted by molar-refractivity contribution is 0.122. The molecule has 11 heteroatoms. The molecule has 0 bridgehead atoms. The minimum Gasteiger partial charge on any atom is -0.378 e. The average molecular weight is 523 g/mol. The number of fused-ring (bicyclic) bond motifs is 1. The SMILES string of the molecule is CCNC(=O)Nc1ccc(-c2nc3c(c(N4CCOCC4)n2)CCN(c2cc(C)nc(Cl)n2)[C@@H]3C)cc1. The monoisotopic (exact) mass is 522 g/mol. The van der Waals surface area contributed by atoms with Gasteiger partial charge in [-0.2, -0.15) is 0 Å². The highest BCUT2D eigenvalue weighted by Gasteiger charge is 2.32.